The second-order valence-electron chi connectivity index (χ2n) is 7.25. The molecule has 3 atom stereocenters. The van der Waals surface area contributed by atoms with E-state index in [1.54, 1.807) is 0 Å². The lowest BCUT2D eigenvalue weighted by molar-refractivity contribution is 0.540. The molecule has 21 heavy (non-hydrogen) atoms. The Kier molecular flexibility index (Phi) is 5.37. The molecule has 3 unspecified atom stereocenters. The Morgan fingerprint density at radius 3 is 2.19 bits per heavy atom. The molecular weight excluding hydrogens is 258 g/mol. The molecule has 1 fully saturated rings. The predicted molar refractivity (Wildman–Crippen MR) is 88.8 cm³/mol. The zero-order valence-electron chi connectivity index (χ0n) is 14.5. The Morgan fingerprint density at radius 1 is 1.10 bits per heavy atom. The topological polar surface area (TPSA) is 37.8 Å². The molecule has 0 saturated heterocycles. The molecule has 0 radical (unpaired) electrons. The van der Waals surface area contributed by atoms with Crippen LogP contribution in [0.3, 0.4) is 0 Å². The van der Waals surface area contributed by atoms with Gasteiger partial charge in [-0.1, -0.05) is 27.7 Å². The summed E-state index contributed by atoms with van der Waals surface area (Å²) in [5.74, 6) is 2.95. The highest BCUT2D eigenvalue weighted by Crippen LogP contribution is 2.37. The maximum atomic E-state index is 4.86. The van der Waals surface area contributed by atoms with Crippen LogP contribution in [0.1, 0.15) is 81.6 Å². The SMILES string of the molecule is Cc1nc(C2CCC(C)C2)nc(C)c1C(C)CNC(C)C. The molecule has 0 bridgehead atoms. The van der Waals surface area contributed by atoms with E-state index in [1.807, 2.05) is 0 Å². The second-order valence-corrected chi connectivity index (χ2v) is 7.25. The van der Waals surface area contributed by atoms with Gasteiger partial charge in [0.1, 0.15) is 5.82 Å². The fraction of sp³-hybridized carbons (Fsp3) is 0.778. The Bertz CT molecular complexity index is 458. The summed E-state index contributed by atoms with van der Waals surface area (Å²) in [6.45, 7) is 14.3. The average Bonchev–Trinajstić information content (AvgIpc) is 2.82. The molecule has 1 aliphatic carbocycles. The number of hydrogen-bond donors (Lipinski definition) is 1. The van der Waals surface area contributed by atoms with Crippen molar-refractivity contribution in [2.45, 2.75) is 78.7 Å². The van der Waals surface area contributed by atoms with E-state index < -0.39 is 0 Å². The zero-order valence-corrected chi connectivity index (χ0v) is 14.5. The van der Waals surface area contributed by atoms with Crippen molar-refractivity contribution in [1.29, 1.82) is 0 Å². The number of aryl methyl sites for hydroxylation is 2. The van der Waals surface area contributed by atoms with Gasteiger partial charge in [0.25, 0.3) is 0 Å². The smallest absolute Gasteiger partial charge is 0.131 e. The van der Waals surface area contributed by atoms with E-state index in [1.165, 1.54) is 36.2 Å². The first-order valence-electron chi connectivity index (χ1n) is 8.46. The first-order valence-corrected chi connectivity index (χ1v) is 8.46. The van der Waals surface area contributed by atoms with Crippen molar-refractivity contribution >= 4 is 0 Å². The van der Waals surface area contributed by atoms with Crippen molar-refractivity contribution in [2.24, 2.45) is 5.92 Å². The number of nitrogens with one attached hydrogen (secondary N) is 1. The minimum atomic E-state index is 0.462. The Balaban J connectivity index is 2.17. The first kappa shape index (κ1) is 16.4. The van der Waals surface area contributed by atoms with Crippen molar-refractivity contribution in [2.75, 3.05) is 6.54 Å². The molecule has 3 heteroatoms. The summed E-state index contributed by atoms with van der Waals surface area (Å²) in [5.41, 5.74) is 3.68. The molecule has 1 aromatic heterocycles. The highest BCUT2D eigenvalue weighted by atomic mass is 14.9. The summed E-state index contributed by atoms with van der Waals surface area (Å²) in [5, 5.41) is 3.52. The minimum absolute atomic E-state index is 0.462. The van der Waals surface area contributed by atoms with E-state index in [4.69, 9.17) is 9.97 Å². The third-order valence-corrected chi connectivity index (χ3v) is 4.73. The quantitative estimate of drug-likeness (QED) is 0.887. The molecule has 1 aliphatic rings. The van der Waals surface area contributed by atoms with Crippen molar-refractivity contribution in [3.8, 4) is 0 Å². The van der Waals surface area contributed by atoms with Crippen molar-refractivity contribution < 1.29 is 0 Å². The highest BCUT2D eigenvalue weighted by Gasteiger charge is 2.26. The largest absolute Gasteiger partial charge is 0.314 e. The van der Waals surface area contributed by atoms with Crippen LogP contribution in [0, 0.1) is 19.8 Å². The summed E-state index contributed by atoms with van der Waals surface area (Å²) in [6.07, 6.45) is 3.83. The van der Waals surface area contributed by atoms with Crippen LogP contribution in [-0.2, 0) is 0 Å². The molecule has 0 amide bonds. The molecule has 1 N–H and O–H groups in total. The number of nitrogens with zero attached hydrogens (tertiary/aromatic N) is 2. The van der Waals surface area contributed by atoms with Crippen LogP contribution in [0.2, 0.25) is 0 Å². The van der Waals surface area contributed by atoms with Gasteiger partial charge in [-0.15, -0.1) is 0 Å². The molecule has 1 heterocycles. The lowest BCUT2D eigenvalue weighted by Crippen LogP contribution is -2.28. The van der Waals surface area contributed by atoms with Crippen LogP contribution in [0.15, 0.2) is 0 Å². The summed E-state index contributed by atoms with van der Waals surface area (Å²) in [4.78, 5) is 9.72. The molecule has 118 valence electrons. The summed E-state index contributed by atoms with van der Waals surface area (Å²) in [7, 11) is 0. The molecule has 2 rings (SSSR count). The standard InChI is InChI=1S/C18H31N3/c1-11(2)19-10-13(4)17-14(5)20-18(21-15(17)6)16-8-7-12(3)9-16/h11-13,16,19H,7-10H2,1-6H3. The van der Waals surface area contributed by atoms with Gasteiger partial charge in [-0.3, -0.25) is 0 Å². The van der Waals surface area contributed by atoms with E-state index in [0.717, 1.165) is 18.3 Å². The molecule has 3 nitrogen and oxygen atoms in total. The molecule has 1 saturated carbocycles. The Hall–Kier alpha value is -0.960. The van der Waals surface area contributed by atoms with Crippen LogP contribution >= 0.6 is 0 Å². The van der Waals surface area contributed by atoms with Crippen molar-refractivity contribution in [1.82, 2.24) is 15.3 Å². The van der Waals surface area contributed by atoms with Crippen LogP contribution in [0.25, 0.3) is 0 Å². The van der Waals surface area contributed by atoms with E-state index >= 15 is 0 Å². The van der Waals surface area contributed by atoms with Crippen molar-refractivity contribution in [3.05, 3.63) is 22.8 Å². The third-order valence-electron chi connectivity index (χ3n) is 4.73. The first-order chi connectivity index (χ1) is 9.88. The Labute approximate surface area is 130 Å². The number of hydrogen-bond acceptors (Lipinski definition) is 3. The van der Waals surface area contributed by atoms with Gasteiger partial charge in [-0.25, -0.2) is 9.97 Å². The molecule has 0 spiro atoms. The van der Waals surface area contributed by atoms with E-state index in [2.05, 4.69) is 46.9 Å². The van der Waals surface area contributed by atoms with Gasteiger partial charge in [0.2, 0.25) is 0 Å². The van der Waals surface area contributed by atoms with Gasteiger partial charge >= 0.3 is 0 Å². The summed E-state index contributed by atoms with van der Waals surface area (Å²) in [6, 6.07) is 0.522. The maximum absolute atomic E-state index is 4.86. The van der Waals surface area contributed by atoms with Crippen LogP contribution in [0.4, 0.5) is 0 Å². The highest BCUT2D eigenvalue weighted by molar-refractivity contribution is 5.29. The number of rotatable bonds is 5. The maximum Gasteiger partial charge on any atom is 0.131 e. The van der Waals surface area contributed by atoms with Crippen LogP contribution in [-0.4, -0.2) is 22.6 Å². The van der Waals surface area contributed by atoms with Crippen molar-refractivity contribution in [3.63, 3.8) is 0 Å². The second kappa shape index (κ2) is 6.87. The zero-order chi connectivity index (χ0) is 15.6. The lowest BCUT2D eigenvalue weighted by Gasteiger charge is -2.20. The van der Waals surface area contributed by atoms with Gasteiger partial charge < -0.3 is 5.32 Å². The van der Waals surface area contributed by atoms with Crippen LogP contribution < -0.4 is 5.32 Å². The van der Waals surface area contributed by atoms with Gasteiger partial charge in [-0.05, 0) is 50.5 Å². The molecular formula is C18H31N3. The minimum Gasteiger partial charge on any atom is -0.314 e. The average molecular weight is 289 g/mol. The van der Waals surface area contributed by atoms with Gasteiger partial charge in [0.15, 0.2) is 0 Å². The van der Waals surface area contributed by atoms with Gasteiger partial charge in [-0.2, -0.15) is 0 Å². The molecule has 1 aromatic rings. The van der Waals surface area contributed by atoms with E-state index in [-0.39, 0.29) is 0 Å². The van der Waals surface area contributed by atoms with Gasteiger partial charge in [0.05, 0.1) is 0 Å². The predicted octanol–water partition coefficient (Wildman–Crippen LogP) is 4.10. The normalized spacial score (nSPS) is 23.8. The van der Waals surface area contributed by atoms with E-state index in [9.17, 15) is 0 Å². The molecule has 0 aromatic carbocycles. The van der Waals surface area contributed by atoms with E-state index in [0.29, 0.717) is 17.9 Å². The fourth-order valence-corrected chi connectivity index (χ4v) is 3.60. The van der Waals surface area contributed by atoms with Crippen LogP contribution in [0.5, 0.6) is 0 Å². The third kappa shape index (κ3) is 4.03. The molecule has 0 aliphatic heterocycles. The number of aromatic nitrogens is 2. The van der Waals surface area contributed by atoms with Gasteiger partial charge in [0, 0.05) is 29.9 Å². The Morgan fingerprint density at radius 2 is 1.71 bits per heavy atom. The summed E-state index contributed by atoms with van der Waals surface area (Å²) >= 11 is 0. The fourth-order valence-electron chi connectivity index (χ4n) is 3.60. The summed E-state index contributed by atoms with van der Waals surface area (Å²) < 4.78 is 0. The monoisotopic (exact) mass is 289 g/mol. The lowest BCUT2D eigenvalue weighted by atomic mass is 9.96.